The van der Waals surface area contributed by atoms with Crippen molar-refractivity contribution >= 4 is 38.9 Å². The summed E-state index contributed by atoms with van der Waals surface area (Å²) in [7, 11) is -0.825. The summed E-state index contributed by atoms with van der Waals surface area (Å²) in [6.45, 7) is 1.49. The molecule has 2 rings (SSSR count). The van der Waals surface area contributed by atoms with Crippen molar-refractivity contribution in [3.63, 3.8) is 0 Å². The van der Waals surface area contributed by atoms with Gasteiger partial charge in [0.2, 0.25) is 15.9 Å². The maximum atomic E-state index is 12.7. The Hall–Kier alpha value is -2.45. The molecule has 27 heavy (non-hydrogen) atoms. The fourth-order valence-electron chi connectivity index (χ4n) is 2.59. The second-order valence-corrected chi connectivity index (χ2v) is 8.01. The van der Waals surface area contributed by atoms with Gasteiger partial charge in [0.1, 0.15) is 17.5 Å². The average molecular weight is 413 g/mol. The first-order valence-corrected chi connectivity index (χ1v) is 10.2. The van der Waals surface area contributed by atoms with Crippen molar-refractivity contribution in [2.45, 2.75) is 13.0 Å². The van der Waals surface area contributed by atoms with Gasteiger partial charge in [-0.15, -0.1) is 0 Å². The van der Waals surface area contributed by atoms with E-state index in [4.69, 9.17) is 21.1 Å². The van der Waals surface area contributed by atoms with Crippen LogP contribution < -0.4 is 19.1 Å². The molecule has 0 spiro atoms. The second kappa shape index (κ2) is 8.49. The first-order valence-electron chi connectivity index (χ1n) is 7.96. The highest BCUT2D eigenvalue weighted by Crippen LogP contribution is 2.31. The third kappa shape index (κ3) is 4.84. The number of ether oxygens (including phenoxy) is 2. The van der Waals surface area contributed by atoms with Crippen LogP contribution in [0.5, 0.6) is 11.5 Å². The van der Waals surface area contributed by atoms with E-state index >= 15 is 0 Å². The molecular formula is C18H21ClN2O5S. The molecule has 1 N–H and O–H groups in total. The number of amides is 1. The van der Waals surface area contributed by atoms with Gasteiger partial charge in [0, 0.05) is 0 Å². The van der Waals surface area contributed by atoms with Crippen LogP contribution in [-0.2, 0) is 14.8 Å². The van der Waals surface area contributed by atoms with Crippen LogP contribution in [0.2, 0.25) is 5.02 Å². The first-order chi connectivity index (χ1) is 12.7. The van der Waals surface area contributed by atoms with Crippen LogP contribution in [-0.4, -0.2) is 40.8 Å². The number of halogens is 1. The van der Waals surface area contributed by atoms with Crippen LogP contribution in [0.25, 0.3) is 0 Å². The van der Waals surface area contributed by atoms with Gasteiger partial charge in [-0.3, -0.25) is 9.10 Å². The van der Waals surface area contributed by atoms with Crippen molar-refractivity contribution < 1.29 is 22.7 Å². The maximum Gasteiger partial charge on any atom is 0.248 e. The summed E-state index contributed by atoms with van der Waals surface area (Å²) >= 11 is 6.11. The number of sulfonamides is 1. The molecule has 0 radical (unpaired) electrons. The molecule has 0 saturated carbocycles. The van der Waals surface area contributed by atoms with Crippen molar-refractivity contribution in [3.8, 4) is 11.5 Å². The zero-order chi connectivity index (χ0) is 20.2. The van der Waals surface area contributed by atoms with Crippen molar-refractivity contribution in [2.75, 3.05) is 30.1 Å². The predicted octanol–water partition coefficient (Wildman–Crippen LogP) is 3.15. The number of methoxy groups -OCH3 is 2. The molecule has 0 aliphatic rings. The number of nitrogens with zero attached hydrogens (tertiary/aromatic N) is 1. The molecule has 7 nitrogen and oxygen atoms in total. The molecule has 2 aromatic rings. The lowest BCUT2D eigenvalue weighted by molar-refractivity contribution is -0.116. The Morgan fingerprint density at radius 3 is 2.30 bits per heavy atom. The van der Waals surface area contributed by atoms with Gasteiger partial charge in [-0.25, -0.2) is 8.42 Å². The summed E-state index contributed by atoms with van der Waals surface area (Å²) in [5.41, 5.74) is 0.698. The smallest absolute Gasteiger partial charge is 0.248 e. The van der Waals surface area contributed by atoms with E-state index in [2.05, 4.69) is 5.32 Å². The van der Waals surface area contributed by atoms with Gasteiger partial charge < -0.3 is 14.8 Å². The Kier molecular flexibility index (Phi) is 6.56. The van der Waals surface area contributed by atoms with Gasteiger partial charge >= 0.3 is 0 Å². The number of rotatable bonds is 7. The van der Waals surface area contributed by atoms with Crippen LogP contribution in [0, 0.1) is 0 Å². The molecule has 0 aliphatic carbocycles. The second-order valence-electron chi connectivity index (χ2n) is 5.74. The van der Waals surface area contributed by atoms with Crippen LogP contribution in [0.15, 0.2) is 42.5 Å². The van der Waals surface area contributed by atoms with Gasteiger partial charge in [-0.2, -0.15) is 0 Å². The van der Waals surface area contributed by atoms with Gasteiger partial charge in [0.15, 0.2) is 0 Å². The van der Waals surface area contributed by atoms with Crippen LogP contribution in [0.1, 0.15) is 6.92 Å². The van der Waals surface area contributed by atoms with Crippen LogP contribution in [0.4, 0.5) is 11.4 Å². The van der Waals surface area contributed by atoms with Crippen molar-refractivity contribution in [1.82, 2.24) is 0 Å². The van der Waals surface area contributed by atoms with Crippen molar-refractivity contribution in [3.05, 3.63) is 47.5 Å². The Labute approximate surface area is 163 Å². The van der Waals surface area contributed by atoms with Gasteiger partial charge in [-0.1, -0.05) is 23.7 Å². The third-order valence-electron chi connectivity index (χ3n) is 3.84. The molecule has 1 atom stereocenters. The average Bonchev–Trinajstić information content (AvgIpc) is 2.61. The number of nitrogens with one attached hydrogen (secondary N) is 1. The Morgan fingerprint density at radius 2 is 1.74 bits per heavy atom. The fraction of sp³-hybridized carbons (Fsp3) is 0.278. The molecule has 2 aromatic carbocycles. The minimum Gasteiger partial charge on any atom is -0.495 e. The SMILES string of the molecule is COc1ccc(N([C@H](C)C(=O)Nc2ccccc2OC)S(C)(=O)=O)cc1Cl. The number of carbonyl (C=O) groups excluding carboxylic acids is 1. The zero-order valence-electron chi connectivity index (χ0n) is 15.4. The summed E-state index contributed by atoms with van der Waals surface area (Å²) in [4.78, 5) is 12.7. The molecule has 0 aliphatic heterocycles. The highest BCUT2D eigenvalue weighted by molar-refractivity contribution is 7.92. The summed E-state index contributed by atoms with van der Waals surface area (Å²) in [5.74, 6) is 0.355. The van der Waals surface area contributed by atoms with Crippen molar-refractivity contribution in [1.29, 1.82) is 0 Å². The fourth-order valence-corrected chi connectivity index (χ4v) is 4.00. The lowest BCUT2D eigenvalue weighted by Crippen LogP contribution is -2.45. The molecule has 0 aromatic heterocycles. The van der Waals surface area contributed by atoms with E-state index in [0.29, 0.717) is 17.2 Å². The number of hydrogen-bond acceptors (Lipinski definition) is 5. The number of carbonyl (C=O) groups is 1. The van der Waals surface area contributed by atoms with Crippen LogP contribution in [0.3, 0.4) is 0 Å². The number of para-hydroxylation sites is 2. The third-order valence-corrected chi connectivity index (χ3v) is 5.38. The van der Waals surface area contributed by atoms with Crippen LogP contribution >= 0.6 is 11.6 Å². The monoisotopic (exact) mass is 412 g/mol. The summed E-state index contributed by atoms with van der Waals surface area (Å²) < 4.78 is 36.0. The molecule has 1 amide bonds. The number of benzene rings is 2. The Morgan fingerprint density at radius 1 is 1.11 bits per heavy atom. The van der Waals surface area contributed by atoms with Crippen molar-refractivity contribution in [2.24, 2.45) is 0 Å². The minimum absolute atomic E-state index is 0.237. The van der Waals surface area contributed by atoms with E-state index in [1.807, 2.05) is 0 Å². The van der Waals surface area contributed by atoms with E-state index < -0.39 is 22.0 Å². The topological polar surface area (TPSA) is 84.9 Å². The highest BCUT2D eigenvalue weighted by atomic mass is 35.5. The molecule has 0 bridgehead atoms. The standard InChI is InChI=1S/C18H21ClN2O5S/c1-12(18(22)20-15-7-5-6-8-17(15)26-3)21(27(4,23)24)13-9-10-16(25-2)14(19)11-13/h5-12H,1-4H3,(H,20,22)/t12-/m1/s1. The van der Waals surface area contributed by atoms with E-state index in [9.17, 15) is 13.2 Å². The lowest BCUT2D eigenvalue weighted by Gasteiger charge is -2.28. The van der Waals surface area contributed by atoms with Gasteiger partial charge in [0.05, 0.1) is 36.9 Å². The van der Waals surface area contributed by atoms with Gasteiger partial charge in [-0.05, 0) is 37.3 Å². The molecule has 0 heterocycles. The summed E-state index contributed by atoms with van der Waals surface area (Å²) in [6.07, 6.45) is 1.03. The van der Waals surface area contributed by atoms with Gasteiger partial charge in [0.25, 0.3) is 0 Å². The van der Waals surface area contributed by atoms with E-state index in [1.165, 1.54) is 33.3 Å². The molecule has 146 valence electrons. The largest absolute Gasteiger partial charge is 0.495 e. The first kappa shape index (κ1) is 20.9. The maximum absolute atomic E-state index is 12.7. The molecule has 0 unspecified atom stereocenters. The summed E-state index contributed by atoms with van der Waals surface area (Å²) in [5, 5.41) is 2.93. The minimum atomic E-state index is -3.76. The van der Waals surface area contributed by atoms with E-state index in [-0.39, 0.29) is 10.7 Å². The van der Waals surface area contributed by atoms with E-state index in [1.54, 1.807) is 30.3 Å². The summed E-state index contributed by atoms with van der Waals surface area (Å²) in [6, 6.07) is 10.3. The highest BCUT2D eigenvalue weighted by Gasteiger charge is 2.30. The molecule has 0 saturated heterocycles. The predicted molar refractivity (Wildman–Crippen MR) is 106 cm³/mol. The normalized spacial score (nSPS) is 12.2. The number of hydrogen-bond donors (Lipinski definition) is 1. The quantitative estimate of drug-likeness (QED) is 0.755. The molecule has 0 fully saturated rings. The molecule has 9 heteroatoms. The Bertz CT molecular complexity index is 933. The number of anilines is 2. The Balaban J connectivity index is 2.36. The van der Waals surface area contributed by atoms with E-state index in [0.717, 1.165) is 10.6 Å². The molecular weight excluding hydrogens is 392 g/mol. The lowest BCUT2D eigenvalue weighted by atomic mass is 10.2. The zero-order valence-corrected chi connectivity index (χ0v) is 17.0.